The Kier molecular flexibility index (Phi) is 5.34. The molecule has 1 aliphatic carbocycles. The quantitative estimate of drug-likeness (QED) is 0.687. The van der Waals surface area contributed by atoms with Gasteiger partial charge in [-0.2, -0.15) is 5.26 Å². The highest BCUT2D eigenvalue weighted by Gasteiger charge is 2.32. The third-order valence-electron chi connectivity index (χ3n) is 3.83. The molecule has 0 aromatic carbocycles. The van der Waals surface area contributed by atoms with Crippen LogP contribution in [-0.2, 0) is 9.53 Å². The molecule has 1 heterocycles. The first-order valence-electron chi connectivity index (χ1n) is 7.03. The van der Waals surface area contributed by atoms with Crippen molar-refractivity contribution >= 4 is 23.2 Å². The second kappa shape index (κ2) is 7.23. The van der Waals surface area contributed by atoms with Crippen molar-refractivity contribution in [2.24, 2.45) is 5.92 Å². The lowest BCUT2D eigenvalue weighted by molar-refractivity contribution is -0.146. The molecule has 2 atom stereocenters. The van der Waals surface area contributed by atoms with Crippen LogP contribution in [0.3, 0.4) is 0 Å². The lowest BCUT2D eigenvalue weighted by atomic mass is 9.94. The third kappa shape index (κ3) is 3.61. The normalized spacial score (nSPS) is 21.9. The molecule has 1 aliphatic rings. The Balaban J connectivity index is 2.13. The van der Waals surface area contributed by atoms with Crippen molar-refractivity contribution in [3.63, 3.8) is 0 Å². The van der Waals surface area contributed by atoms with E-state index in [0.29, 0.717) is 10.4 Å². The van der Waals surface area contributed by atoms with Crippen LogP contribution in [0.15, 0.2) is 11.4 Å². The minimum atomic E-state index is -0.299. The Morgan fingerprint density at radius 2 is 2.14 bits per heavy atom. The van der Waals surface area contributed by atoms with E-state index in [0.717, 1.165) is 32.1 Å². The van der Waals surface area contributed by atoms with E-state index in [9.17, 15) is 9.59 Å². The molecule has 112 valence electrons. The maximum absolute atomic E-state index is 12.3. The van der Waals surface area contributed by atoms with E-state index in [-0.39, 0.29) is 23.8 Å². The Morgan fingerprint density at radius 1 is 1.38 bits per heavy atom. The largest absolute Gasteiger partial charge is 0.469 e. The Hall–Kier alpha value is -1.87. The van der Waals surface area contributed by atoms with E-state index in [1.165, 1.54) is 18.4 Å². The van der Waals surface area contributed by atoms with E-state index < -0.39 is 0 Å². The van der Waals surface area contributed by atoms with Crippen molar-refractivity contribution in [3.05, 3.63) is 21.9 Å². The summed E-state index contributed by atoms with van der Waals surface area (Å²) in [4.78, 5) is 24.6. The average molecular weight is 306 g/mol. The number of carbonyl (C=O) groups is 2. The van der Waals surface area contributed by atoms with Crippen LogP contribution >= 0.6 is 11.3 Å². The van der Waals surface area contributed by atoms with Gasteiger partial charge in [0.2, 0.25) is 0 Å². The maximum atomic E-state index is 12.3. The van der Waals surface area contributed by atoms with Crippen LogP contribution in [-0.4, -0.2) is 25.0 Å². The minimum Gasteiger partial charge on any atom is -0.469 e. The number of carbonyl (C=O) groups excluding carboxylic acids is 2. The molecular formula is C15H18N2O3S. The molecule has 0 aliphatic heterocycles. The number of thiophene rings is 1. The number of hydrogen-bond acceptors (Lipinski definition) is 5. The fourth-order valence-electron chi connectivity index (χ4n) is 2.72. The van der Waals surface area contributed by atoms with Crippen molar-refractivity contribution in [1.82, 2.24) is 5.32 Å². The smallest absolute Gasteiger partial charge is 0.310 e. The number of nitrogens with one attached hydrogen (secondary N) is 1. The van der Waals surface area contributed by atoms with E-state index in [1.54, 1.807) is 11.4 Å². The molecule has 1 saturated carbocycles. The summed E-state index contributed by atoms with van der Waals surface area (Å²) in [5.74, 6) is -0.844. The summed E-state index contributed by atoms with van der Waals surface area (Å²) < 4.78 is 4.85. The molecule has 1 aromatic rings. The highest BCUT2D eigenvalue weighted by molar-refractivity contribution is 7.12. The maximum Gasteiger partial charge on any atom is 0.310 e. The highest BCUT2D eigenvalue weighted by atomic mass is 32.1. The van der Waals surface area contributed by atoms with Gasteiger partial charge < -0.3 is 10.1 Å². The van der Waals surface area contributed by atoms with Crippen LogP contribution in [0.25, 0.3) is 0 Å². The number of hydrogen-bond donors (Lipinski definition) is 1. The summed E-state index contributed by atoms with van der Waals surface area (Å²) in [5.41, 5.74) is 0.376. The van der Waals surface area contributed by atoms with Crippen LogP contribution in [0.1, 0.15) is 47.3 Å². The van der Waals surface area contributed by atoms with Crippen LogP contribution in [0.5, 0.6) is 0 Å². The number of nitriles is 1. The number of methoxy groups -OCH3 is 1. The fraction of sp³-hybridized carbons (Fsp3) is 0.533. The molecule has 0 spiro atoms. The van der Waals surface area contributed by atoms with E-state index >= 15 is 0 Å². The first-order chi connectivity index (χ1) is 10.2. The van der Waals surface area contributed by atoms with Gasteiger partial charge in [-0.25, -0.2) is 0 Å². The minimum absolute atomic E-state index is 0.221. The molecule has 1 aromatic heterocycles. The summed E-state index contributed by atoms with van der Waals surface area (Å²) in [6.07, 6.45) is 4.50. The molecule has 0 saturated heterocycles. The Bertz CT molecular complexity index is 562. The van der Waals surface area contributed by atoms with Gasteiger partial charge in [0.15, 0.2) is 0 Å². The number of amides is 1. The zero-order valence-corrected chi connectivity index (χ0v) is 12.7. The molecule has 21 heavy (non-hydrogen) atoms. The van der Waals surface area contributed by atoms with Gasteiger partial charge in [-0.3, -0.25) is 9.59 Å². The molecule has 2 rings (SSSR count). The van der Waals surface area contributed by atoms with E-state index in [4.69, 9.17) is 10.00 Å². The number of ether oxygens (including phenoxy) is 1. The van der Waals surface area contributed by atoms with Gasteiger partial charge in [-0.15, -0.1) is 11.3 Å². The molecule has 0 bridgehead atoms. The molecule has 6 heteroatoms. The van der Waals surface area contributed by atoms with Crippen molar-refractivity contribution in [1.29, 1.82) is 5.26 Å². The van der Waals surface area contributed by atoms with Gasteiger partial charge in [-0.1, -0.05) is 19.3 Å². The monoisotopic (exact) mass is 306 g/mol. The number of nitrogens with zero attached hydrogens (tertiary/aromatic N) is 1. The number of esters is 1. The summed E-state index contributed by atoms with van der Waals surface area (Å²) in [5, 5.41) is 13.6. The molecule has 1 amide bonds. The van der Waals surface area contributed by atoms with Gasteiger partial charge >= 0.3 is 5.97 Å². The molecule has 1 N–H and O–H groups in total. The van der Waals surface area contributed by atoms with E-state index in [1.807, 2.05) is 6.07 Å². The van der Waals surface area contributed by atoms with Crippen LogP contribution < -0.4 is 5.32 Å². The first-order valence-corrected chi connectivity index (χ1v) is 7.91. The Morgan fingerprint density at radius 3 is 2.86 bits per heavy atom. The molecule has 1 fully saturated rings. The second-order valence-corrected chi connectivity index (χ2v) is 6.04. The zero-order valence-electron chi connectivity index (χ0n) is 11.9. The molecular weight excluding hydrogens is 288 g/mol. The molecule has 2 unspecified atom stereocenters. The van der Waals surface area contributed by atoms with Crippen molar-refractivity contribution in [3.8, 4) is 6.07 Å². The lowest BCUT2D eigenvalue weighted by Crippen LogP contribution is -2.43. The summed E-state index contributed by atoms with van der Waals surface area (Å²) in [6.45, 7) is 0. The standard InChI is InChI=1S/C15H18N2O3S/c1-20-15(19)11-5-3-2-4-6-12(11)17-14(18)13-10(9-16)7-8-21-13/h7-8,11-12H,2-6H2,1H3,(H,17,18). The summed E-state index contributed by atoms with van der Waals surface area (Å²) in [6, 6.07) is 3.42. The third-order valence-corrected chi connectivity index (χ3v) is 4.74. The van der Waals surface area contributed by atoms with Crippen LogP contribution in [0.2, 0.25) is 0 Å². The summed E-state index contributed by atoms with van der Waals surface area (Å²) in [7, 11) is 1.37. The summed E-state index contributed by atoms with van der Waals surface area (Å²) >= 11 is 1.24. The highest BCUT2D eigenvalue weighted by Crippen LogP contribution is 2.25. The van der Waals surface area contributed by atoms with Crippen molar-refractivity contribution in [2.45, 2.75) is 38.1 Å². The predicted molar refractivity (Wildman–Crippen MR) is 78.9 cm³/mol. The molecule has 0 radical (unpaired) electrons. The topological polar surface area (TPSA) is 79.2 Å². The van der Waals surface area contributed by atoms with Gasteiger partial charge in [0.1, 0.15) is 10.9 Å². The van der Waals surface area contributed by atoms with Crippen molar-refractivity contribution < 1.29 is 14.3 Å². The fourth-order valence-corrected chi connectivity index (χ4v) is 3.47. The van der Waals surface area contributed by atoms with Crippen LogP contribution in [0.4, 0.5) is 0 Å². The average Bonchev–Trinajstić information content (AvgIpc) is 2.86. The zero-order chi connectivity index (χ0) is 15.2. The lowest BCUT2D eigenvalue weighted by Gasteiger charge is -2.23. The number of rotatable bonds is 3. The van der Waals surface area contributed by atoms with Gasteiger partial charge in [0.25, 0.3) is 5.91 Å². The van der Waals surface area contributed by atoms with Gasteiger partial charge in [0, 0.05) is 6.04 Å². The van der Waals surface area contributed by atoms with Gasteiger partial charge in [0.05, 0.1) is 18.6 Å². The van der Waals surface area contributed by atoms with Crippen LogP contribution in [0, 0.1) is 17.2 Å². The first kappa shape index (κ1) is 15.5. The predicted octanol–water partition coefficient (Wildman–Crippen LogP) is 2.47. The molecule has 5 nitrogen and oxygen atoms in total. The van der Waals surface area contributed by atoms with E-state index in [2.05, 4.69) is 5.32 Å². The van der Waals surface area contributed by atoms with Gasteiger partial charge in [-0.05, 0) is 24.3 Å². The SMILES string of the molecule is COC(=O)C1CCCCCC1NC(=O)c1sccc1C#N. The van der Waals surface area contributed by atoms with Crippen molar-refractivity contribution in [2.75, 3.05) is 7.11 Å². The Labute approximate surface area is 127 Å². The second-order valence-electron chi connectivity index (χ2n) is 5.12.